The van der Waals surface area contributed by atoms with E-state index >= 15 is 0 Å². The van der Waals surface area contributed by atoms with Crippen molar-refractivity contribution in [1.82, 2.24) is 4.57 Å². The first-order valence-corrected chi connectivity index (χ1v) is 13.8. The molecule has 0 spiro atoms. The fourth-order valence-corrected chi connectivity index (χ4v) is 6.12. The molecule has 0 saturated heterocycles. The Morgan fingerprint density at radius 1 is 0.907 bits per heavy atom. The summed E-state index contributed by atoms with van der Waals surface area (Å²) in [7, 11) is 1.69. The Morgan fingerprint density at radius 2 is 1.65 bits per heavy atom. The molecule has 3 aromatic carbocycles. The number of aromatic hydroxyl groups is 2. The Morgan fingerprint density at radius 3 is 2.42 bits per heavy atom. The van der Waals surface area contributed by atoms with Gasteiger partial charge in [-0.25, -0.2) is 4.79 Å². The van der Waals surface area contributed by atoms with Crippen LogP contribution in [0, 0.1) is 0 Å². The van der Waals surface area contributed by atoms with E-state index in [4.69, 9.17) is 18.6 Å². The molecule has 3 N–H and O–H groups in total. The number of aryl methyl sites for hydroxylation is 1. The lowest BCUT2D eigenvalue weighted by atomic mass is 9.87. The molecule has 10 nitrogen and oxygen atoms in total. The summed E-state index contributed by atoms with van der Waals surface area (Å²) in [5.74, 6) is 0.121. The van der Waals surface area contributed by atoms with Gasteiger partial charge in [0.2, 0.25) is 5.43 Å². The Labute approximate surface area is 244 Å². The van der Waals surface area contributed by atoms with Crippen LogP contribution in [0.2, 0.25) is 0 Å². The number of hydrogen-bond acceptors (Lipinski definition) is 9. The van der Waals surface area contributed by atoms with Crippen LogP contribution in [0.5, 0.6) is 28.7 Å². The number of aromatic nitrogens is 1. The van der Waals surface area contributed by atoms with Crippen molar-refractivity contribution in [2.24, 2.45) is 7.05 Å². The van der Waals surface area contributed by atoms with E-state index in [1.54, 1.807) is 43.7 Å². The summed E-state index contributed by atoms with van der Waals surface area (Å²) < 4.78 is 25.9. The summed E-state index contributed by atoms with van der Waals surface area (Å²) in [6.45, 7) is 7.14. The van der Waals surface area contributed by atoms with E-state index in [-0.39, 0.29) is 44.7 Å². The Kier molecular flexibility index (Phi) is 5.49. The molecule has 0 amide bonds. The minimum absolute atomic E-state index is 0.0832. The molecule has 5 aromatic rings. The third kappa shape index (κ3) is 3.90. The first-order chi connectivity index (χ1) is 20.3. The van der Waals surface area contributed by atoms with Crippen LogP contribution in [0.25, 0.3) is 38.9 Å². The van der Waals surface area contributed by atoms with Crippen molar-refractivity contribution in [3.63, 3.8) is 0 Å². The normalized spacial score (nSPS) is 20.0. The van der Waals surface area contributed by atoms with Crippen molar-refractivity contribution in [2.75, 3.05) is 0 Å². The number of phenols is 2. The zero-order valence-electron chi connectivity index (χ0n) is 24.1. The van der Waals surface area contributed by atoms with E-state index in [0.717, 1.165) is 0 Å². The third-order valence-corrected chi connectivity index (χ3v) is 8.25. The summed E-state index contributed by atoms with van der Waals surface area (Å²) in [5.41, 5.74) is -1.20. The van der Waals surface area contributed by atoms with Gasteiger partial charge in [-0.3, -0.25) is 4.79 Å². The molecule has 2 atom stereocenters. The van der Waals surface area contributed by atoms with Gasteiger partial charge >= 0.3 is 5.63 Å². The molecule has 10 heteroatoms. The van der Waals surface area contributed by atoms with Crippen LogP contribution >= 0.6 is 0 Å². The lowest BCUT2D eigenvalue weighted by Gasteiger charge is -2.42. The lowest BCUT2D eigenvalue weighted by molar-refractivity contribution is -0.102. The van der Waals surface area contributed by atoms with Crippen molar-refractivity contribution >= 4 is 38.9 Å². The smallest absolute Gasteiger partial charge is 0.336 e. The fraction of sp³-hybridized carbons (Fsp3) is 0.273. The molecule has 0 saturated carbocycles. The summed E-state index contributed by atoms with van der Waals surface area (Å²) in [5, 5.41) is 34.6. The van der Waals surface area contributed by atoms with Crippen molar-refractivity contribution in [1.29, 1.82) is 0 Å². The monoisotopic (exact) mass is 583 g/mol. The van der Waals surface area contributed by atoms with Crippen LogP contribution in [0.15, 0.2) is 62.5 Å². The number of fused-ring (bicyclic) bond motifs is 7. The minimum atomic E-state index is -1.29. The summed E-state index contributed by atoms with van der Waals surface area (Å²) in [6, 6.07) is 10.6. The number of pyridine rings is 1. The quantitative estimate of drug-likeness (QED) is 0.192. The molecule has 2 aromatic heterocycles. The van der Waals surface area contributed by atoms with Crippen LogP contribution in [0.4, 0.5) is 0 Å². The standard InChI is InChI=1S/C33H29NO9/c1-32(2)13-12-16-21(42-32)14-19(36)23-25(16)34(5)26-17(27(23)38)8-9-18(35)29(26)41-30-24-20(43-33(3,4)31(30)39)10-6-15-7-11-22(37)40-28(15)24/h6-14,30-31,35-36,39H,1-5H3/t30-,31+/m0/s1. The number of ether oxygens (including phenoxy) is 3. The zero-order chi connectivity index (χ0) is 30.6. The maximum atomic E-state index is 13.9. The molecular formula is C33H29NO9. The zero-order valence-corrected chi connectivity index (χ0v) is 24.1. The van der Waals surface area contributed by atoms with Crippen molar-refractivity contribution < 1.29 is 33.9 Å². The van der Waals surface area contributed by atoms with Gasteiger partial charge in [0.15, 0.2) is 17.6 Å². The van der Waals surface area contributed by atoms with Gasteiger partial charge in [0.05, 0.1) is 27.4 Å². The van der Waals surface area contributed by atoms with Gasteiger partial charge in [-0.1, -0.05) is 0 Å². The molecule has 0 radical (unpaired) electrons. The average molecular weight is 584 g/mol. The van der Waals surface area contributed by atoms with Gasteiger partial charge in [0, 0.05) is 30.1 Å². The maximum absolute atomic E-state index is 13.9. The number of aliphatic hydroxyl groups excluding tert-OH is 1. The van der Waals surface area contributed by atoms with E-state index in [1.165, 1.54) is 24.3 Å². The largest absolute Gasteiger partial charge is 0.507 e. The SMILES string of the molecule is Cn1c2c(O[C@H]3c4c(ccc5ccc(=O)oc45)OC(C)(C)[C@@H]3O)c(O)ccc2c(=O)c2c(O)cc3c(c21)C=CC(C)(C)O3. The number of hydrogen-bond donors (Lipinski definition) is 3. The molecule has 2 aliphatic heterocycles. The summed E-state index contributed by atoms with van der Waals surface area (Å²) in [4.78, 5) is 26.2. The number of phenolic OH excluding ortho intramolecular Hbond substituents is 2. The highest BCUT2D eigenvalue weighted by atomic mass is 16.5. The number of nitrogens with zero attached hydrogens (tertiary/aromatic N) is 1. The summed E-state index contributed by atoms with van der Waals surface area (Å²) >= 11 is 0. The van der Waals surface area contributed by atoms with Gasteiger partial charge in [-0.05, 0) is 70.2 Å². The molecule has 0 fully saturated rings. The van der Waals surface area contributed by atoms with Crippen molar-refractivity contribution in [3.8, 4) is 28.7 Å². The molecular weight excluding hydrogens is 554 g/mol. The molecule has 0 bridgehead atoms. The second-order valence-electron chi connectivity index (χ2n) is 12.1. The summed E-state index contributed by atoms with van der Waals surface area (Å²) in [6.07, 6.45) is 1.22. The maximum Gasteiger partial charge on any atom is 0.336 e. The number of aliphatic hydroxyl groups is 1. The topological polar surface area (TPSA) is 141 Å². The first-order valence-electron chi connectivity index (χ1n) is 13.8. The van der Waals surface area contributed by atoms with Gasteiger partial charge in [-0.2, -0.15) is 0 Å². The fourth-order valence-electron chi connectivity index (χ4n) is 6.12. The van der Waals surface area contributed by atoms with Crippen LogP contribution in [0.3, 0.4) is 0 Å². The van der Waals surface area contributed by atoms with E-state index in [2.05, 4.69) is 0 Å². The van der Waals surface area contributed by atoms with Crippen LogP contribution in [-0.2, 0) is 7.05 Å². The second kappa shape index (κ2) is 8.78. The molecule has 43 heavy (non-hydrogen) atoms. The predicted molar refractivity (Wildman–Crippen MR) is 160 cm³/mol. The average Bonchev–Trinajstić information content (AvgIpc) is 2.93. The van der Waals surface area contributed by atoms with Crippen LogP contribution in [0.1, 0.15) is 44.9 Å². The Bertz CT molecular complexity index is 2170. The Balaban J connectivity index is 1.53. The molecule has 2 aliphatic rings. The number of rotatable bonds is 2. The number of benzene rings is 3. The minimum Gasteiger partial charge on any atom is -0.507 e. The van der Waals surface area contributed by atoms with Crippen molar-refractivity contribution in [3.05, 3.63) is 80.3 Å². The first kappa shape index (κ1) is 26.9. The van der Waals surface area contributed by atoms with E-state index in [1.807, 2.05) is 26.0 Å². The highest BCUT2D eigenvalue weighted by molar-refractivity contribution is 6.04. The van der Waals surface area contributed by atoms with E-state index < -0.39 is 34.5 Å². The molecule has 220 valence electrons. The Hall–Kier alpha value is -4.96. The second-order valence-corrected chi connectivity index (χ2v) is 12.1. The van der Waals surface area contributed by atoms with E-state index in [0.29, 0.717) is 28.0 Å². The molecule has 0 unspecified atom stereocenters. The predicted octanol–water partition coefficient (Wildman–Crippen LogP) is 5.05. The van der Waals surface area contributed by atoms with Gasteiger partial charge in [-0.15, -0.1) is 0 Å². The highest BCUT2D eigenvalue weighted by Gasteiger charge is 2.46. The van der Waals surface area contributed by atoms with Gasteiger partial charge in [0.1, 0.15) is 40.1 Å². The van der Waals surface area contributed by atoms with Crippen LogP contribution in [-0.4, -0.2) is 37.2 Å². The van der Waals surface area contributed by atoms with Crippen LogP contribution < -0.4 is 25.3 Å². The van der Waals surface area contributed by atoms with Gasteiger partial charge < -0.3 is 38.5 Å². The molecule has 0 aliphatic carbocycles. The molecule has 7 rings (SSSR count). The van der Waals surface area contributed by atoms with E-state index in [9.17, 15) is 24.9 Å². The van der Waals surface area contributed by atoms with Gasteiger partial charge in [0.25, 0.3) is 0 Å². The lowest BCUT2D eigenvalue weighted by Crippen LogP contribution is -2.50. The van der Waals surface area contributed by atoms with Crippen molar-refractivity contribution in [2.45, 2.75) is 51.1 Å². The third-order valence-electron chi connectivity index (χ3n) is 8.25. The molecule has 4 heterocycles. The highest BCUT2D eigenvalue weighted by Crippen LogP contribution is 2.48.